The van der Waals surface area contributed by atoms with Crippen molar-refractivity contribution in [1.29, 1.82) is 0 Å². The third-order valence-electron chi connectivity index (χ3n) is 2.90. The third-order valence-corrected chi connectivity index (χ3v) is 2.90. The average Bonchev–Trinajstić information content (AvgIpc) is 2.31. The van der Waals surface area contributed by atoms with Gasteiger partial charge in [0.1, 0.15) is 0 Å². The first-order valence-electron chi connectivity index (χ1n) is 5.12. The zero-order valence-corrected chi connectivity index (χ0v) is 8.34. The predicted molar refractivity (Wildman–Crippen MR) is 56.2 cm³/mol. The van der Waals surface area contributed by atoms with Crippen LogP contribution in [-0.4, -0.2) is 11.4 Å². The number of rotatable bonds is 0. The van der Waals surface area contributed by atoms with Crippen molar-refractivity contribution >= 4 is 0 Å². The van der Waals surface area contributed by atoms with E-state index in [1.807, 2.05) is 0 Å². The van der Waals surface area contributed by atoms with Gasteiger partial charge >= 0.3 is 0 Å². The second kappa shape index (κ2) is 3.41. The lowest BCUT2D eigenvalue weighted by Gasteiger charge is -2.26. The SMILES string of the molecule is C=C1C=C2CCCCCN2C=C1C. The van der Waals surface area contributed by atoms with Gasteiger partial charge in [0.2, 0.25) is 0 Å². The Labute approximate surface area is 80.4 Å². The van der Waals surface area contributed by atoms with Crippen LogP contribution in [0.2, 0.25) is 0 Å². The molecule has 2 aliphatic heterocycles. The molecule has 0 aromatic carbocycles. The molecule has 0 atom stereocenters. The maximum Gasteiger partial charge on any atom is 0.0222 e. The van der Waals surface area contributed by atoms with Gasteiger partial charge in [-0.25, -0.2) is 0 Å². The van der Waals surface area contributed by atoms with E-state index in [4.69, 9.17) is 0 Å². The summed E-state index contributed by atoms with van der Waals surface area (Å²) in [6, 6.07) is 0. The zero-order chi connectivity index (χ0) is 9.26. The largest absolute Gasteiger partial charge is 0.351 e. The van der Waals surface area contributed by atoms with Gasteiger partial charge in [-0.3, -0.25) is 0 Å². The van der Waals surface area contributed by atoms with E-state index in [9.17, 15) is 0 Å². The van der Waals surface area contributed by atoms with Crippen molar-refractivity contribution < 1.29 is 0 Å². The molecule has 0 aromatic heterocycles. The van der Waals surface area contributed by atoms with Gasteiger partial charge in [0.05, 0.1) is 0 Å². The standard InChI is InChI=1S/C12H17N/c1-10-8-12-6-4-3-5-7-13(12)9-11(10)2/h8-9H,1,3-7H2,2H3. The Kier molecular flexibility index (Phi) is 2.26. The van der Waals surface area contributed by atoms with E-state index < -0.39 is 0 Å². The molecular formula is C12H17N. The Morgan fingerprint density at radius 2 is 2.15 bits per heavy atom. The second-order valence-corrected chi connectivity index (χ2v) is 3.98. The first kappa shape index (κ1) is 8.61. The van der Waals surface area contributed by atoms with Crippen molar-refractivity contribution in [3.05, 3.63) is 35.7 Å². The number of allylic oxidation sites excluding steroid dienone is 4. The van der Waals surface area contributed by atoms with Gasteiger partial charge in [0.25, 0.3) is 0 Å². The van der Waals surface area contributed by atoms with E-state index in [0.29, 0.717) is 0 Å². The Bertz CT molecular complexity index is 283. The molecule has 0 radical (unpaired) electrons. The highest BCUT2D eigenvalue weighted by Crippen LogP contribution is 2.27. The highest BCUT2D eigenvalue weighted by molar-refractivity contribution is 5.41. The van der Waals surface area contributed by atoms with Crippen molar-refractivity contribution in [3.8, 4) is 0 Å². The Hall–Kier alpha value is -0.980. The molecule has 0 amide bonds. The van der Waals surface area contributed by atoms with Crippen molar-refractivity contribution in [3.63, 3.8) is 0 Å². The molecule has 0 aliphatic carbocycles. The van der Waals surface area contributed by atoms with E-state index in [0.717, 1.165) is 0 Å². The van der Waals surface area contributed by atoms with Crippen LogP contribution >= 0.6 is 0 Å². The van der Waals surface area contributed by atoms with Crippen LogP contribution in [0.5, 0.6) is 0 Å². The summed E-state index contributed by atoms with van der Waals surface area (Å²) in [7, 11) is 0. The molecule has 2 aliphatic rings. The Morgan fingerprint density at radius 3 is 3.00 bits per heavy atom. The maximum absolute atomic E-state index is 4.05. The van der Waals surface area contributed by atoms with Crippen LogP contribution in [-0.2, 0) is 0 Å². The van der Waals surface area contributed by atoms with Crippen LogP contribution in [0.15, 0.2) is 35.7 Å². The van der Waals surface area contributed by atoms with Crippen LogP contribution in [0, 0.1) is 0 Å². The van der Waals surface area contributed by atoms with Crippen molar-refractivity contribution in [1.82, 2.24) is 4.90 Å². The monoisotopic (exact) mass is 175 g/mol. The number of hydrogen-bond donors (Lipinski definition) is 0. The summed E-state index contributed by atoms with van der Waals surface area (Å²) in [5, 5.41) is 0. The minimum Gasteiger partial charge on any atom is -0.351 e. The lowest BCUT2D eigenvalue weighted by atomic mass is 10.0. The minimum absolute atomic E-state index is 1.19. The summed E-state index contributed by atoms with van der Waals surface area (Å²) in [5.41, 5.74) is 3.96. The van der Waals surface area contributed by atoms with Crippen LogP contribution in [0.25, 0.3) is 0 Å². The number of fused-ring (bicyclic) bond motifs is 1. The highest BCUT2D eigenvalue weighted by Gasteiger charge is 2.15. The fraction of sp³-hybridized carbons (Fsp3) is 0.500. The molecule has 13 heavy (non-hydrogen) atoms. The highest BCUT2D eigenvalue weighted by atomic mass is 15.1. The van der Waals surface area contributed by atoms with E-state index in [-0.39, 0.29) is 0 Å². The van der Waals surface area contributed by atoms with Gasteiger partial charge < -0.3 is 4.90 Å². The van der Waals surface area contributed by atoms with Gasteiger partial charge in [-0.15, -0.1) is 0 Å². The zero-order valence-electron chi connectivity index (χ0n) is 8.34. The van der Waals surface area contributed by atoms with E-state index in [1.165, 1.54) is 49.1 Å². The summed E-state index contributed by atoms with van der Waals surface area (Å²) in [4.78, 5) is 2.40. The fourth-order valence-electron chi connectivity index (χ4n) is 1.99. The Balaban J connectivity index is 2.24. The molecule has 0 saturated carbocycles. The molecule has 1 nitrogen and oxygen atoms in total. The smallest absolute Gasteiger partial charge is 0.0222 e. The molecule has 0 aromatic rings. The lowest BCUT2D eigenvalue weighted by Crippen LogP contribution is -2.19. The summed E-state index contributed by atoms with van der Waals surface area (Å²) >= 11 is 0. The maximum atomic E-state index is 4.05. The van der Waals surface area contributed by atoms with E-state index >= 15 is 0 Å². The summed E-state index contributed by atoms with van der Waals surface area (Å²) in [6.45, 7) is 7.38. The fourth-order valence-corrected chi connectivity index (χ4v) is 1.99. The number of nitrogens with zero attached hydrogens (tertiary/aromatic N) is 1. The number of hydrogen-bond acceptors (Lipinski definition) is 1. The van der Waals surface area contributed by atoms with E-state index in [2.05, 4.69) is 30.7 Å². The second-order valence-electron chi connectivity index (χ2n) is 3.98. The summed E-state index contributed by atoms with van der Waals surface area (Å²) in [5.74, 6) is 0. The first-order valence-corrected chi connectivity index (χ1v) is 5.12. The van der Waals surface area contributed by atoms with Crippen molar-refractivity contribution in [2.24, 2.45) is 0 Å². The molecule has 2 rings (SSSR count). The lowest BCUT2D eigenvalue weighted by molar-refractivity contribution is 0.455. The summed E-state index contributed by atoms with van der Waals surface area (Å²) < 4.78 is 0. The van der Waals surface area contributed by atoms with Gasteiger partial charge in [0.15, 0.2) is 0 Å². The van der Waals surface area contributed by atoms with Gasteiger partial charge in [-0.1, -0.05) is 13.0 Å². The molecule has 1 fully saturated rings. The van der Waals surface area contributed by atoms with Gasteiger partial charge in [-0.2, -0.15) is 0 Å². The van der Waals surface area contributed by atoms with Gasteiger partial charge in [-0.05, 0) is 43.4 Å². The topological polar surface area (TPSA) is 3.24 Å². The van der Waals surface area contributed by atoms with Crippen LogP contribution in [0.4, 0.5) is 0 Å². The normalized spacial score (nSPS) is 23.2. The summed E-state index contributed by atoms with van der Waals surface area (Å²) in [6.07, 6.45) is 9.76. The van der Waals surface area contributed by atoms with Crippen LogP contribution < -0.4 is 0 Å². The molecule has 0 N–H and O–H groups in total. The van der Waals surface area contributed by atoms with Crippen LogP contribution in [0.3, 0.4) is 0 Å². The molecule has 1 saturated heterocycles. The molecule has 0 unspecified atom stereocenters. The molecule has 2 heterocycles. The molecule has 0 bridgehead atoms. The van der Waals surface area contributed by atoms with E-state index in [1.54, 1.807) is 0 Å². The predicted octanol–water partition coefficient (Wildman–Crippen LogP) is 3.22. The molecule has 70 valence electrons. The first-order chi connectivity index (χ1) is 6.27. The quantitative estimate of drug-likeness (QED) is 0.546. The van der Waals surface area contributed by atoms with Crippen molar-refractivity contribution in [2.45, 2.75) is 32.6 Å². The molecule has 0 spiro atoms. The third kappa shape index (κ3) is 1.69. The Morgan fingerprint density at radius 1 is 1.31 bits per heavy atom. The average molecular weight is 175 g/mol. The molecule has 1 heteroatoms. The molecular weight excluding hydrogens is 158 g/mol. The van der Waals surface area contributed by atoms with Crippen LogP contribution in [0.1, 0.15) is 32.6 Å². The minimum atomic E-state index is 1.19. The van der Waals surface area contributed by atoms with Gasteiger partial charge in [0, 0.05) is 18.4 Å². The van der Waals surface area contributed by atoms with Crippen molar-refractivity contribution in [2.75, 3.05) is 6.54 Å².